The Morgan fingerprint density at radius 2 is 1.36 bits per heavy atom. The minimum atomic E-state index is -3.74. The van der Waals surface area contributed by atoms with E-state index >= 15 is 0 Å². The van der Waals surface area contributed by atoms with Crippen LogP contribution in [0.5, 0.6) is 0 Å². The quantitative estimate of drug-likeness (QED) is 0.189. The van der Waals surface area contributed by atoms with Crippen molar-refractivity contribution in [2.45, 2.75) is 64.5 Å². The smallest absolute Gasteiger partial charge is 0.239 e. The zero-order chi connectivity index (χ0) is 31.1. The number of sulfonamides is 1. The van der Waals surface area contributed by atoms with Gasteiger partial charge in [0, 0.05) is 36.9 Å². The maximum atomic E-state index is 13.1. The number of carbonyl (C=O) groups is 2. The second kappa shape index (κ2) is 13.9. The highest BCUT2D eigenvalue weighted by atomic mass is 32.2. The Bertz CT molecular complexity index is 1720. The van der Waals surface area contributed by atoms with Crippen LogP contribution in [-0.2, 0) is 31.8 Å². The first-order chi connectivity index (χ1) is 21.2. The minimum Gasteiger partial charge on any atom is -0.295 e. The van der Waals surface area contributed by atoms with Gasteiger partial charge in [-0.3, -0.25) is 19.2 Å². The number of hydrogen-bond acceptors (Lipinski definition) is 6. The van der Waals surface area contributed by atoms with Crippen molar-refractivity contribution in [3.63, 3.8) is 0 Å². The summed E-state index contributed by atoms with van der Waals surface area (Å²) in [4.78, 5) is 37.2. The SMILES string of the molecule is Cc1ccc(-c2nc3c(nc2-c2ccc(C)cc2)N(CCCCCCC(=O)NS(=O)(=O)Cc2ccccc2)C(=O)CC3)cc1. The molecule has 0 saturated heterocycles. The highest BCUT2D eigenvalue weighted by Gasteiger charge is 2.28. The lowest BCUT2D eigenvalue weighted by Crippen LogP contribution is -2.37. The van der Waals surface area contributed by atoms with Crippen molar-refractivity contribution in [1.82, 2.24) is 14.7 Å². The maximum Gasteiger partial charge on any atom is 0.239 e. The lowest BCUT2D eigenvalue weighted by atomic mass is 10.0. The first-order valence-electron chi connectivity index (χ1n) is 15.1. The molecule has 4 aromatic rings. The van der Waals surface area contributed by atoms with E-state index in [9.17, 15) is 18.0 Å². The third-order valence-electron chi connectivity index (χ3n) is 7.73. The van der Waals surface area contributed by atoms with Gasteiger partial charge in [0.25, 0.3) is 0 Å². The molecule has 2 amide bonds. The summed E-state index contributed by atoms with van der Waals surface area (Å²) in [5, 5.41) is 0. The predicted octanol–water partition coefficient (Wildman–Crippen LogP) is 6.30. The molecule has 0 unspecified atom stereocenters. The van der Waals surface area contributed by atoms with Crippen LogP contribution >= 0.6 is 0 Å². The molecule has 228 valence electrons. The molecule has 0 saturated carbocycles. The zero-order valence-corrected chi connectivity index (χ0v) is 26.1. The van der Waals surface area contributed by atoms with Gasteiger partial charge >= 0.3 is 0 Å². The third-order valence-corrected chi connectivity index (χ3v) is 8.99. The van der Waals surface area contributed by atoms with E-state index in [4.69, 9.17) is 9.97 Å². The number of aryl methyl sites for hydroxylation is 3. The number of fused-ring (bicyclic) bond motifs is 1. The average Bonchev–Trinajstić information content (AvgIpc) is 3.00. The molecular weight excluding hydrogens is 572 g/mol. The Kier molecular flexibility index (Phi) is 9.85. The molecule has 1 aliphatic heterocycles. The fourth-order valence-electron chi connectivity index (χ4n) is 5.34. The topological polar surface area (TPSA) is 109 Å². The van der Waals surface area contributed by atoms with E-state index in [1.54, 1.807) is 29.2 Å². The molecule has 1 N–H and O–H groups in total. The van der Waals surface area contributed by atoms with Gasteiger partial charge in [-0.15, -0.1) is 0 Å². The zero-order valence-electron chi connectivity index (χ0n) is 25.3. The number of nitrogens with one attached hydrogen (secondary N) is 1. The molecule has 1 aromatic heterocycles. The van der Waals surface area contributed by atoms with Crippen molar-refractivity contribution in [2.24, 2.45) is 0 Å². The molecule has 0 spiro atoms. The molecule has 9 heteroatoms. The molecule has 44 heavy (non-hydrogen) atoms. The average molecular weight is 611 g/mol. The van der Waals surface area contributed by atoms with Crippen LogP contribution in [0.3, 0.4) is 0 Å². The number of aromatic nitrogens is 2. The number of rotatable bonds is 12. The highest BCUT2D eigenvalue weighted by molar-refractivity contribution is 7.89. The standard InChI is InChI=1S/C35H38N4O4S/c1-25-13-17-28(18-14-25)33-34(29-19-15-26(2)16-20-29)37-35-30(36-33)21-22-32(41)39(35)23-9-4-3-8-12-31(40)38-44(42,43)24-27-10-6-5-7-11-27/h5-7,10-11,13-20H,3-4,8-9,12,21-24H2,1-2H3,(H,38,40). The van der Waals surface area contributed by atoms with Crippen molar-refractivity contribution in [1.29, 1.82) is 0 Å². The van der Waals surface area contributed by atoms with E-state index < -0.39 is 15.9 Å². The van der Waals surface area contributed by atoms with Crippen LogP contribution in [0.4, 0.5) is 5.82 Å². The predicted molar refractivity (Wildman–Crippen MR) is 173 cm³/mol. The Morgan fingerprint density at radius 3 is 2.00 bits per heavy atom. The molecule has 0 fully saturated rings. The number of nitrogens with zero attached hydrogens (tertiary/aromatic N) is 3. The maximum absolute atomic E-state index is 13.1. The fourth-order valence-corrected chi connectivity index (χ4v) is 6.50. The Balaban J connectivity index is 1.21. The van der Waals surface area contributed by atoms with Crippen LogP contribution in [0.1, 0.15) is 60.9 Å². The van der Waals surface area contributed by atoms with E-state index in [-0.39, 0.29) is 18.1 Å². The van der Waals surface area contributed by atoms with E-state index in [0.29, 0.717) is 37.2 Å². The summed E-state index contributed by atoms with van der Waals surface area (Å²) >= 11 is 0. The summed E-state index contributed by atoms with van der Waals surface area (Å²) in [6.45, 7) is 4.61. The largest absolute Gasteiger partial charge is 0.295 e. The highest BCUT2D eigenvalue weighted by Crippen LogP contribution is 2.35. The molecule has 0 bridgehead atoms. The summed E-state index contributed by atoms with van der Waals surface area (Å²) < 4.78 is 26.8. The number of anilines is 1. The first kappa shape index (κ1) is 31.1. The molecule has 0 radical (unpaired) electrons. The van der Waals surface area contributed by atoms with Crippen molar-refractivity contribution in [2.75, 3.05) is 11.4 Å². The second-order valence-electron chi connectivity index (χ2n) is 11.4. The molecule has 0 atom stereocenters. The van der Waals surface area contributed by atoms with E-state index in [1.165, 1.54) is 5.56 Å². The van der Waals surface area contributed by atoms with Crippen LogP contribution in [0.2, 0.25) is 0 Å². The first-order valence-corrected chi connectivity index (χ1v) is 16.8. The molecule has 1 aliphatic rings. The van der Waals surface area contributed by atoms with Gasteiger partial charge in [-0.05, 0) is 32.3 Å². The number of carbonyl (C=O) groups excluding carboxylic acids is 2. The third kappa shape index (κ3) is 7.96. The van der Waals surface area contributed by atoms with Crippen LogP contribution in [0.15, 0.2) is 78.9 Å². The molecule has 5 rings (SSSR count). The Labute approximate surface area is 259 Å². The van der Waals surface area contributed by atoms with Crippen molar-refractivity contribution >= 4 is 27.7 Å². The summed E-state index contributed by atoms with van der Waals surface area (Å²) in [5.41, 5.74) is 7.27. The molecule has 3 aromatic carbocycles. The summed E-state index contributed by atoms with van der Waals surface area (Å²) in [7, 11) is -3.74. The van der Waals surface area contributed by atoms with Gasteiger partial charge in [-0.2, -0.15) is 0 Å². The van der Waals surface area contributed by atoms with Crippen LogP contribution in [0, 0.1) is 13.8 Å². The van der Waals surface area contributed by atoms with Gasteiger partial charge in [0.1, 0.15) is 0 Å². The Morgan fingerprint density at radius 1 is 0.773 bits per heavy atom. The fraction of sp³-hybridized carbons (Fsp3) is 0.314. The number of unbranched alkanes of at least 4 members (excludes halogenated alkanes) is 3. The van der Waals surface area contributed by atoms with Gasteiger partial charge in [0.05, 0.1) is 22.8 Å². The van der Waals surface area contributed by atoms with Crippen molar-refractivity contribution in [3.8, 4) is 22.5 Å². The minimum absolute atomic E-state index is 0.0349. The summed E-state index contributed by atoms with van der Waals surface area (Å²) in [5.74, 6) is -0.0702. The number of amides is 2. The molecule has 0 aliphatic carbocycles. The van der Waals surface area contributed by atoms with E-state index in [1.807, 2.05) is 25.1 Å². The van der Waals surface area contributed by atoms with Crippen LogP contribution in [0.25, 0.3) is 22.5 Å². The normalized spacial score (nSPS) is 13.0. The van der Waals surface area contributed by atoms with Gasteiger partial charge in [0.15, 0.2) is 5.82 Å². The second-order valence-corrected chi connectivity index (χ2v) is 13.1. The van der Waals surface area contributed by atoms with Crippen LogP contribution in [-0.4, -0.2) is 36.7 Å². The molecular formula is C35H38N4O4S. The molecule has 8 nitrogen and oxygen atoms in total. The van der Waals surface area contributed by atoms with Gasteiger partial charge < -0.3 is 0 Å². The van der Waals surface area contributed by atoms with Crippen LogP contribution < -0.4 is 9.62 Å². The number of hydrogen-bond donors (Lipinski definition) is 1. The van der Waals surface area contributed by atoms with E-state index in [0.717, 1.165) is 53.0 Å². The summed E-state index contributed by atoms with van der Waals surface area (Å²) in [6, 6.07) is 25.2. The van der Waals surface area contributed by atoms with Crippen molar-refractivity contribution in [3.05, 3.63) is 101 Å². The summed E-state index contributed by atoms with van der Waals surface area (Å²) in [6.07, 6.45) is 3.90. The van der Waals surface area contributed by atoms with Gasteiger partial charge in [-0.25, -0.2) is 18.4 Å². The monoisotopic (exact) mass is 610 g/mol. The Hall–Kier alpha value is -4.37. The molecule has 2 heterocycles. The van der Waals surface area contributed by atoms with Crippen molar-refractivity contribution < 1.29 is 18.0 Å². The lowest BCUT2D eigenvalue weighted by Gasteiger charge is -2.29. The van der Waals surface area contributed by atoms with E-state index in [2.05, 4.69) is 48.0 Å². The number of benzene rings is 3. The van der Waals surface area contributed by atoms with Gasteiger partial charge in [0.2, 0.25) is 21.8 Å². The van der Waals surface area contributed by atoms with Gasteiger partial charge in [-0.1, -0.05) is 103 Å². The lowest BCUT2D eigenvalue weighted by molar-refractivity contribution is -0.120.